The molecule has 0 radical (unpaired) electrons. The molecular formula is C11H21NO2. The van der Waals surface area contributed by atoms with Gasteiger partial charge in [-0.1, -0.05) is 6.42 Å². The lowest BCUT2D eigenvalue weighted by atomic mass is 9.96. The Labute approximate surface area is 86.0 Å². The van der Waals surface area contributed by atoms with E-state index in [0.717, 1.165) is 26.3 Å². The van der Waals surface area contributed by atoms with E-state index in [9.17, 15) is 5.11 Å². The molecule has 1 aliphatic carbocycles. The number of rotatable bonds is 2. The van der Waals surface area contributed by atoms with Gasteiger partial charge in [0.1, 0.15) is 0 Å². The third-order valence-corrected chi connectivity index (χ3v) is 3.67. The molecule has 0 unspecified atom stereocenters. The van der Waals surface area contributed by atoms with Crippen molar-refractivity contribution in [2.75, 3.05) is 26.3 Å². The average molecular weight is 199 g/mol. The van der Waals surface area contributed by atoms with Crippen LogP contribution in [0.4, 0.5) is 0 Å². The lowest BCUT2D eigenvalue weighted by Crippen LogP contribution is -2.47. The molecule has 2 aliphatic rings. The first-order valence-electron chi connectivity index (χ1n) is 5.79. The Bertz CT molecular complexity index is 178. The van der Waals surface area contributed by atoms with Crippen LogP contribution >= 0.6 is 0 Å². The molecule has 2 rings (SSSR count). The van der Waals surface area contributed by atoms with E-state index in [0.29, 0.717) is 12.0 Å². The molecule has 82 valence electrons. The van der Waals surface area contributed by atoms with Crippen molar-refractivity contribution in [3.63, 3.8) is 0 Å². The van der Waals surface area contributed by atoms with Gasteiger partial charge in [0.25, 0.3) is 0 Å². The SMILES string of the molecule is C[C@H](O)[C@H]1CCC[C@@H]1N1CCOCC1. The number of morpholine rings is 1. The van der Waals surface area contributed by atoms with Gasteiger partial charge < -0.3 is 9.84 Å². The summed E-state index contributed by atoms with van der Waals surface area (Å²) in [5, 5.41) is 9.70. The lowest BCUT2D eigenvalue weighted by molar-refractivity contribution is -0.00961. The Balaban J connectivity index is 1.94. The largest absolute Gasteiger partial charge is 0.393 e. The van der Waals surface area contributed by atoms with E-state index in [2.05, 4.69) is 4.90 Å². The van der Waals surface area contributed by atoms with Crippen molar-refractivity contribution in [1.82, 2.24) is 4.90 Å². The first kappa shape index (κ1) is 10.4. The minimum absolute atomic E-state index is 0.148. The Kier molecular flexibility index (Phi) is 3.42. The van der Waals surface area contributed by atoms with Crippen LogP contribution in [0.25, 0.3) is 0 Å². The van der Waals surface area contributed by atoms with Crippen LogP contribution in [-0.2, 0) is 4.74 Å². The van der Waals surface area contributed by atoms with Gasteiger partial charge in [0.15, 0.2) is 0 Å². The zero-order valence-corrected chi connectivity index (χ0v) is 8.98. The molecule has 3 atom stereocenters. The first-order valence-corrected chi connectivity index (χ1v) is 5.79. The Morgan fingerprint density at radius 3 is 2.64 bits per heavy atom. The highest BCUT2D eigenvalue weighted by Gasteiger charge is 2.35. The van der Waals surface area contributed by atoms with E-state index in [1.807, 2.05) is 6.92 Å². The van der Waals surface area contributed by atoms with Crippen molar-refractivity contribution in [1.29, 1.82) is 0 Å². The summed E-state index contributed by atoms with van der Waals surface area (Å²) in [5.41, 5.74) is 0. The zero-order valence-electron chi connectivity index (χ0n) is 8.98. The number of nitrogens with zero attached hydrogens (tertiary/aromatic N) is 1. The molecule has 14 heavy (non-hydrogen) atoms. The fourth-order valence-electron chi connectivity index (χ4n) is 2.89. The van der Waals surface area contributed by atoms with Crippen LogP contribution in [0.2, 0.25) is 0 Å². The van der Waals surface area contributed by atoms with Gasteiger partial charge >= 0.3 is 0 Å². The second kappa shape index (κ2) is 4.60. The fraction of sp³-hybridized carbons (Fsp3) is 1.00. The highest BCUT2D eigenvalue weighted by molar-refractivity contribution is 4.88. The van der Waals surface area contributed by atoms with Gasteiger partial charge in [-0.3, -0.25) is 4.90 Å². The molecule has 3 heteroatoms. The summed E-state index contributed by atoms with van der Waals surface area (Å²) >= 11 is 0. The first-order chi connectivity index (χ1) is 6.79. The van der Waals surface area contributed by atoms with Crippen LogP contribution in [0, 0.1) is 5.92 Å². The number of ether oxygens (including phenoxy) is 1. The van der Waals surface area contributed by atoms with Crippen LogP contribution in [-0.4, -0.2) is 48.5 Å². The Morgan fingerprint density at radius 1 is 1.29 bits per heavy atom. The summed E-state index contributed by atoms with van der Waals surface area (Å²) < 4.78 is 5.35. The maximum absolute atomic E-state index is 9.70. The third-order valence-electron chi connectivity index (χ3n) is 3.67. The normalized spacial score (nSPS) is 37.3. The van der Waals surface area contributed by atoms with E-state index in [-0.39, 0.29) is 6.10 Å². The van der Waals surface area contributed by atoms with Crippen molar-refractivity contribution in [2.24, 2.45) is 5.92 Å². The van der Waals surface area contributed by atoms with Crippen LogP contribution in [0.3, 0.4) is 0 Å². The molecular weight excluding hydrogens is 178 g/mol. The molecule has 1 aliphatic heterocycles. The van der Waals surface area contributed by atoms with E-state index in [1.165, 1.54) is 19.3 Å². The average Bonchev–Trinajstić information content (AvgIpc) is 2.67. The van der Waals surface area contributed by atoms with Gasteiger partial charge in [-0.05, 0) is 19.8 Å². The van der Waals surface area contributed by atoms with E-state index < -0.39 is 0 Å². The minimum Gasteiger partial charge on any atom is -0.393 e. The molecule has 0 spiro atoms. The monoisotopic (exact) mass is 199 g/mol. The van der Waals surface area contributed by atoms with E-state index in [1.54, 1.807) is 0 Å². The molecule has 0 bridgehead atoms. The number of hydrogen-bond donors (Lipinski definition) is 1. The summed E-state index contributed by atoms with van der Waals surface area (Å²) in [6, 6.07) is 0.610. The minimum atomic E-state index is -0.148. The molecule has 0 aromatic rings. The van der Waals surface area contributed by atoms with Crippen molar-refractivity contribution in [2.45, 2.75) is 38.3 Å². The van der Waals surface area contributed by atoms with Gasteiger partial charge in [0.2, 0.25) is 0 Å². The van der Waals surface area contributed by atoms with Gasteiger partial charge in [-0.25, -0.2) is 0 Å². The zero-order chi connectivity index (χ0) is 9.97. The Hall–Kier alpha value is -0.120. The standard InChI is InChI=1S/C11H21NO2/c1-9(13)10-3-2-4-11(10)12-5-7-14-8-6-12/h9-11,13H,2-8H2,1H3/t9-,10+,11-/m0/s1. The predicted octanol–water partition coefficient (Wildman–Crippen LogP) is 0.868. The van der Waals surface area contributed by atoms with E-state index >= 15 is 0 Å². The van der Waals surface area contributed by atoms with Crippen molar-refractivity contribution in [3.8, 4) is 0 Å². The molecule has 3 nitrogen and oxygen atoms in total. The third kappa shape index (κ3) is 2.10. The van der Waals surface area contributed by atoms with Gasteiger partial charge in [-0.2, -0.15) is 0 Å². The van der Waals surface area contributed by atoms with Gasteiger partial charge in [0.05, 0.1) is 19.3 Å². The van der Waals surface area contributed by atoms with Crippen LogP contribution in [0.15, 0.2) is 0 Å². The molecule has 1 heterocycles. The molecule has 0 aromatic carbocycles. The molecule has 1 saturated carbocycles. The predicted molar refractivity (Wildman–Crippen MR) is 55.2 cm³/mol. The molecule has 0 amide bonds. The molecule has 1 N–H and O–H groups in total. The summed E-state index contributed by atoms with van der Waals surface area (Å²) in [6.07, 6.45) is 3.58. The van der Waals surface area contributed by atoms with Crippen molar-refractivity contribution >= 4 is 0 Å². The van der Waals surface area contributed by atoms with Crippen molar-refractivity contribution in [3.05, 3.63) is 0 Å². The fourth-order valence-corrected chi connectivity index (χ4v) is 2.89. The summed E-state index contributed by atoms with van der Waals surface area (Å²) in [4.78, 5) is 2.51. The lowest BCUT2D eigenvalue weighted by Gasteiger charge is -2.36. The highest BCUT2D eigenvalue weighted by atomic mass is 16.5. The summed E-state index contributed by atoms with van der Waals surface area (Å²) in [6.45, 7) is 5.76. The maximum Gasteiger partial charge on any atom is 0.0594 e. The summed E-state index contributed by atoms with van der Waals surface area (Å²) in [5.74, 6) is 0.494. The summed E-state index contributed by atoms with van der Waals surface area (Å²) in [7, 11) is 0. The van der Waals surface area contributed by atoms with Crippen molar-refractivity contribution < 1.29 is 9.84 Å². The van der Waals surface area contributed by atoms with Crippen LogP contribution < -0.4 is 0 Å². The second-order valence-corrected chi connectivity index (χ2v) is 4.55. The van der Waals surface area contributed by atoms with E-state index in [4.69, 9.17) is 4.74 Å². The van der Waals surface area contributed by atoms with Gasteiger partial charge in [0, 0.05) is 25.0 Å². The topological polar surface area (TPSA) is 32.7 Å². The smallest absolute Gasteiger partial charge is 0.0594 e. The molecule has 1 saturated heterocycles. The van der Waals surface area contributed by atoms with Crippen LogP contribution in [0.1, 0.15) is 26.2 Å². The highest BCUT2D eigenvalue weighted by Crippen LogP contribution is 2.32. The maximum atomic E-state index is 9.70. The number of hydrogen-bond acceptors (Lipinski definition) is 3. The molecule has 2 fully saturated rings. The molecule has 0 aromatic heterocycles. The number of aliphatic hydroxyl groups excluding tert-OH is 1. The van der Waals surface area contributed by atoms with Crippen LogP contribution in [0.5, 0.6) is 0 Å². The Morgan fingerprint density at radius 2 is 2.00 bits per heavy atom. The van der Waals surface area contributed by atoms with Gasteiger partial charge in [-0.15, -0.1) is 0 Å². The quantitative estimate of drug-likeness (QED) is 0.716. The number of aliphatic hydroxyl groups is 1. The second-order valence-electron chi connectivity index (χ2n) is 4.55.